The molecular formula is C14H27N3O4S. The van der Waals surface area contributed by atoms with Gasteiger partial charge in [0.1, 0.15) is 5.54 Å². The molecule has 0 aliphatic carbocycles. The molecule has 2 aliphatic rings. The third kappa shape index (κ3) is 3.79. The van der Waals surface area contributed by atoms with Crippen LogP contribution in [0.2, 0.25) is 0 Å². The van der Waals surface area contributed by atoms with Gasteiger partial charge < -0.3 is 15.8 Å². The quantitative estimate of drug-likeness (QED) is 0.619. The summed E-state index contributed by atoms with van der Waals surface area (Å²) >= 11 is 0. The van der Waals surface area contributed by atoms with Crippen molar-refractivity contribution in [2.45, 2.75) is 49.8 Å². The lowest BCUT2D eigenvalue weighted by Crippen LogP contribution is -2.60. The third-order valence-corrected chi connectivity index (χ3v) is 5.67. The number of methoxy groups -OCH3 is 1. The van der Waals surface area contributed by atoms with Crippen molar-refractivity contribution in [3.8, 4) is 0 Å². The SMILES string of the molecule is COC(CNCS(C)(=O)=O)CN1[C@@H]2CCC[C@@]1(C(N)=O)CC2. The molecule has 1 amide bonds. The van der Waals surface area contributed by atoms with Crippen LogP contribution in [0.5, 0.6) is 0 Å². The minimum Gasteiger partial charge on any atom is -0.379 e. The number of carbonyl (C=O) groups is 1. The molecule has 2 aliphatic heterocycles. The van der Waals surface area contributed by atoms with Crippen LogP contribution in [-0.2, 0) is 19.4 Å². The summed E-state index contributed by atoms with van der Waals surface area (Å²) in [4.78, 5) is 14.2. The minimum atomic E-state index is -3.05. The van der Waals surface area contributed by atoms with E-state index in [1.165, 1.54) is 6.26 Å². The number of rotatable bonds is 8. The molecule has 0 aromatic rings. The Morgan fingerprint density at radius 3 is 2.77 bits per heavy atom. The molecule has 1 unspecified atom stereocenters. The molecule has 3 atom stereocenters. The van der Waals surface area contributed by atoms with Crippen LogP contribution in [0.15, 0.2) is 0 Å². The Morgan fingerprint density at radius 2 is 2.18 bits per heavy atom. The highest BCUT2D eigenvalue weighted by Crippen LogP contribution is 2.44. The molecule has 0 saturated carbocycles. The lowest BCUT2D eigenvalue weighted by Gasteiger charge is -2.44. The molecule has 2 fully saturated rings. The van der Waals surface area contributed by atoms with Gasteiger partial charge in [-0.1, -0.05) is 0 Å². The lowest BCUT2D eigenvalue weighted by atomic mass is 9.87. The normalized spacial score (nSPS) is 30.4. The minimum absolute atomic E-state index is 0.0722. The van der Waals surface area contributed by atoms with E-state index in [0.717, 1.165) is 32.1 Å². The highest BCUT2D eigenvalue weighted by atomic mass is 32.2. The Labute approximate surface area is 132 Å². The number of hydrogen-bond donors (Lipinski definition) is 2. The number of carbonyl (C=O) groups excluding carboxylic acids is 1. The summed E-state index contributed by atoms with van der Waals surface area (Å²) < 4.78 is 27.8. The maximum Gasteiger partial charge on any atom is 0.237 e. The zero-order chi connectivity index (χ0) is 16.4. The number of piperidine rings is 1. The van der Waals surface area contributed by atoms with Crippen molar-refractivity contribution < 1.29 is 17.9 Å². The average molecular weight is 333 g/mol. The lowest BCUT2D eigenvalue weighted by molar-refractivity contribution is -0.133. The highest BCUT2D eigenvalue weighted by Gasteiger charge is 2.52. The van der Waals surface area contributed by atoms with Gasteiger partial charge in [0.15, 0.2) is 9.84 Å². The predicted molar refractivity (Wildman–Crippen MR) is 84.0 cm³/mol. The van der Waals surface area contributed by atoms with Gasteiger partial charge in [-0.2, -0.15) is 0 Å². The molecule has 0 radical (unpaired) electrons. The first-order valence-electron chi connectivity index (χ1n) is 7.76. The van der Waals surface area contributed by atoms with E-state index in [4.69, 9.17) is 10.5 Å². The van der Waals surface area contributed by atoms with Crippen LogP contribution in [0.25, 0.3) is 0 Å². The molecule has 0 aromatic heterocycles. The number of primary amides is 1. The van der Waals surface area contributed by atoms with Gasteiger partial charge in [0.2, 0.25) is 5.91 Å². The molecule has 7 nitrogen and oxygen atoms in total. The number of sulfone groups is 1. The topological polar surface area (TPSA) is 102 Å². The van der Waals surface area contributed by atoms with Crippen LogP contribution in [0.1, 0.15) is 32.1 Å². The Bertz CT molecular complexity index is 506. The maximum atomic E-state index is 12.0. The van der Waals surface area contributed by atoms with Gasteiger partial charge in [-0.25, -0.2) is 8.42 Å². The fraction of sp³-hybridized carbons (Fsp3) is 0.929. The van der Waals surface area contributed by atoms with E-state index >= 15 is 0 Å². The van der Waals surface area contributed by atoms with E-state index in [9.17, 15) is 13.2 Å². The standard InChI is InChI=1S/C14H27N3O4S/c1-21-12(8-16-10-22(2,19)20)9-17-11-4-3-6-14(17,7-5-11)13(15)18/h11-12,16H,3-10H2,1-2H3,(H2,15,18)/t11-,12?,14+/m1/s1. The summed E-state index contributed by atoms with van der Waals surface area (Å²) in [6.45, 7) is 1.03. The molecule has 2 heterocycles. The summed E-state index contributed by atoms with van der Waals surface area (Å²) in [6, 6.07) is 0.383. The molecule has 128 valence electrons. The molecule has 3 N–H and O–H groups in total. The van der Waals surface area contributed by atoms with E-state index in [0.29, 0.717) is 19.1 Å². The highest BCUT2D eigenvalue weighted by molar-refractivity contribution is 7.90. The van der Waals surface area contributed by atoms with Crippen molar-refractivity contribution in [2.24, 2.45) is 5.73 Å². The molecule has 0 spiro atoms. The van der Waals surface area contributed by atoms with Crippen LogP contribution >= 0.6 is 0 Å². The first kappa shape index (κ1) is 17.7. The van der Waals surface area contributed by atoms with Gasteiger partial charge in [-0.15, -0.1) is 0 Å². The van der Waals surface area contributed by atoms with E-state index in [1.54, 1.807) is 7.11 Å². The van der Waals surface area contributed by atoms with Gasteiger partial charge in [0.25, 0.3) is 0 Å². The number of ether oxygens (including phenoxy) is 1. The van der Waals surface area contributed by atoms with Crippen molar-refractivity contribution in [3.63, 3.8) is 0 Å². The van der Waals surface area contributed by atoms with E-state index < -0.39 is 15.4 Å². The monoisotopic (exact) mass is 333 g/mol. The number of nitrogens with one attached hydrogen (secondary N) is 1. The summed E-state index contributed by atoms with van der Waals surface area (Å²) in [7, 11) is -1.44. The Hall–Kier alpha value is -0.700. The number of fused-ring (bicyclic) bond motifs is 2. The third-order valence-electron chi connectivity index (χ3n) is 4.94. The molecule has 2 saturated heterocycles. The van der Waals surface area contributed by atoms with Crippen LogP contribution in [0.3, 0.4) is 0 Å². The van der Waals surface area contributed by atoms with Gasteiger partial charge in [0.05, 0.1) is 12.0 Å². The van der Waals surface area contributed by atoms with Crippen LogP contribution in [-0.4, -0.2) is 69.2 Å². The van der Waals surface area contributed by atoms with Crippen LogP contribution in [0.4, 0.5) is 0 Å². The summed E-state index contributed by atoms with van der Waals surface area (Å²) in [6.07, 6.45) is 5.77. The summed E-state index contributed by atoms with van der Waals surface area (Å²) in [5.41, 5.74) is 5.16. The van der Waals surface area contributed by atoms with E-state index in [1.807, 2.05) is 0 Å². The fourth-order valence-corrected chi connectivity index (χ4v) is 4.30. The van der Waals surface area contributed by atoms with Crippen molar-refractivity contribution in [2.75, 3.05) is 32.3 Å². The van der Waals surface area contributed by atoms with Crippen molar-refractivity contribution in [1.82, 2.24) is 10.2 Å². The number of nitrogens with two attached hydrogens (primary N) is 1. The second kappa shape index (κ2) is 6.82. The van der Waals surface area contributed by atoms with Crippen molar-refractivity contribution >= 4 is 15.7 Å². The molecule has 2 rings (SSSR count). The Kier molecular flexibility index (Phi) is 5.47. The summed E-state index contributed by atoms with van der Waals surface area (Å²) in [5, 5.41) is 2.90. The van der Waals surface area contributed by atoms with E-state index in [2.05, 4.69) is 10.2 Å². The van der Waals surface area contributed by atoms with Gasteiger partial charge >= 0.3 is 0 Å². The largest absolute Gasteiger partial charge is 0.379 e. The number of amides is 1. The smallest absolute Gasteiger partial charge is 0.237 e. The zero-order valence-corrected chi connectivity index (χ0v) is 14.2. The first-order valence-corrected chi connectivity index (χ1v) is 9.82. The van der Waals surface area contributed by atoms with Crippen molar-refractivity contribution in [3.05, 3.63) is 0 Å². The van der Waals surface area contributed by atoms with Crippen molar-refractivity contribution in [1.29, 1.82) is 0 Å². The Morgan fingerprint density at radius 1 is 1.45 bits per heavy atom. The molecule has 0 aromatic carbocycles. The Balaban J connectivity index is 1.99. The van der Waals surface area contributed by atoms with Gasteiger partial charge in [0, 0.05) is 32.5 Å². The van der Waals surface area contributed by atoms with Gasteiger partial charge in [-0.05, 0) is 32.1 Å². The molecule has 2 bridgehead atoms. The molecule has 8 heteroatoms. The second-order valence-corrected chi connectivity index (χ2v) is 8.66. The average Bonchev–Trinajstić information content (AvgIpc) is 2.64. The second-order valence-electron chi connectivity index (χ2n) is 6.51. The van der Waals surface area contributed by atoms with Crippen LogP contribution in [0, 0.1) is 0 Å². The van der Waals surface area contributed by atoms with E-state index in [-0.39, 0.29) is 17.9 Å². The predicted octanol–water partition coefficient (Wildman–Crippen LogP) is -0.534. The number of hydrogen-bond acceptors (Lipinski definition) is 6. The molecular weight excluding hydrogens is 306 g/mol. The summed E-state index contributed by atoms with van der Waals surface area (Å²) in [5.74, 6) is -0.314. The first-order chi connectivity index (χ1) is 10.3. The molecule has 22 heavy (non-hydrogen) atoms. The zero-order valence-electron chi connectivity index (χ0n) is 13.4. The fourth-order valence-electron chi connectivity index (χ4n) is 3.81. The maximum absolute atomic E-state index is 12.0. The number of nitrogens with zero attached hydrogens (tertiary/aromatic N) is 1. The van der Waals surface area contributed by atoms with Crippen LogP contribution < -0.4 is 11.1 Å². The van der Waals surface area contributed by atoms with Gasteiger partial charge in [-0.3, -0.25) is 9.69 Å².